The minimum atomic E-state index is -1.05. The smallest absolute Gasteiger partial charge is 0.269 e. The van der Waals surface area contributed by atoms with Crippen LogP contribution in [0.25, 0.3) is 0 Å². The van der Waals surface area contributed by atoms with Gasteiger partial charge in [0.2, 0.25) is 5.91 Å². The Morgan fingerprint density at radius 1 is 1.06 bits per heavy atom. The van der Waals surface area contributed by atoms with E-state index in [4.69, 9.17) is 11.6 Å². The molecule has 1 unspecified atom stereocenters. The quantitative estimate of drug-likeness (QED) is 0.245. The van der Waals surface area contributed by atoms with Crippen LogP contribution in [0.5, 0.6) is 0 Å². The number of halogens is 1. The standard InChI is InChI=1S/C27H24ClN3O5/c1-17(2)18-7-11-21(12-8-18)30-25(32)15-24(27(30)34)29(16-20-5-3-4-6-23(20)28)26(33)19-9-13-22(14-10-19)31(35)36/h3-14,17,24H,15-16H2,1-2H3. The molecule has 8 nitrogen and oxygen atoms in total. The van der Waals surface area contributed by atoms with E-state index in [1.54, 1.807) is 36.4 Å². The van der Waals surface area contributed by atoms with Crippen molar-refractivity contribution in [2.24, 2.45) is 0 Å². The highest BCUT2D eigenvalue weighted by atomic mass is 35.5. The summed E-state index contributed by atoms with van der Waals surface area (Å²) in [6, 6.07) is 18.2. The average Bonchev–Trinajstić information content (AvgIpc) is 3.16. The maximum Gasteiger partial charge on any atom is 0.269 e. The zero-order valence-corrected chi connectivity index (χ0v) is 20.5. The minimum Gasteiger partial charge on any atom is -0.322 e. The van der Waals surface area contributed by atoms with Crippen LogP contribution in [0.4, 0.5) is 11.4 Å². The zero-order chi connectivity index (χ0) is 26.0. The van der Waals surface area contributed by atoms with Crippen molar-refractivity contribution in [3.8, 4) is 0 Å². The fourth-order valence-electron chi connectivity index (χ4n) is 4.16. The Balaban J connectivity index is 1.68. The summed E-state index contributed by atoms with van der Waals surface area (Å²) >= 11 is 6.34. The fourth-order valence-corrected chi connectivity index (χ4v) is 4.36. The lowest BCUT2D eigenvalue weighted by Gasteiger charge is -2.28. The molecule has 1 aliphatic rings. The molecule has 0 N–H and O–H groups in total. The number of nitrogens with zero attached hydrogens (tertiary/aromatic N) is 3. The van der Waals surface area contributed by atoms with Crippen molar-refractivity contribution < 1.29 is 19.3 Å². The number of amides is 3. The second-order valence-electron chi connectivity index (χ2n) is 8.86. The second-order valence-corrected chi connectivity index (χ2v) is 9.27. The summed E-state index contributed by atoms with van der Waals surface area (Å²) in [7, 11) is 0. The third-order valence-electron chi connectivity index (χ3n) is 6.20. The minimum absolute atomic E-state index is 0.0146. The van der Waals surface area contributed by atoms with Gasteiger partial charge in [-0.1, -0.05) is 55.8 Å². The SMILES string of the molecule is CC(C)c1ccc(N2C(=O)CC(N(Cc3ccccc3Cl)C(=O)c3ccc([N+](=O)[O-])cc3)C2=O)cc1. The van der Waals surface area contributed by atoms with Crippen LogP contribution in [0.2, 0.25) is 5.02 Å². The van der Waals surface area contributed by atoms with Crippen molar-refractivity contribution in [2.45, 2.75) is 38.8 Å². The maximum atomic E-state index is 13.6. The van der Waals surface area contributed by atoms with Gasteiger partial charge in [-0.2, -0.15) is 0 Å². The molecule has 0 radical (unpaired) electrons. The molecule has 1 saturated heterocycles. The molecule has 3 aromatic carbocycles. The lowest BCUT2D eigenvalue weighted by Crippen LogP contribution is -2.45. The molecule has 0 aliphatic carbocycles. The van der Waals surface area contributed by atoms with Gasteiger partial charge in [-0.15, -0.1) is 0 Å². The molecule has 1 heterocycles. The van der Waals surface area contributed by atoms with E-state index >= 15 is 0 Å². The summed E-state index contributed by atoms with van der Waals surface area (Å²) in [6.45, 7) is 4.08. The van der Waals surface area contributed by atoms with E-state index in [1.165, 1.54) is 29.2 Å². The number of hydrogen-bond acceptors (Lipinski definition) is 5. The van der Waals surface area contributed by atoms with Crippen LogP contribution in [0.3, 0.4) is 0 Å². The van der Waals surface area contributed by atoms with Gasteiger partial charge in [-0.3, -0.25) is 24.5 Å². The van der Waals surface area contributed by atoms with Crippen LogP contribution >= 0.6 is 11.6 Å². The van der Waals surface area contributed by atoms with Gasteiger partial charge in [-0.25, -0.2) is 4.90 Å². The zero-order valence-electron chi connectivity index (χ0n) is 19.8. The number of benzene rings is 3. The van der Waals surface area contributed by atoms with E-state index in [-0.39, 0.29) is 24.2 Å². The van der Waals surface area contributed by atoms with Gasteiger partial charge in [-0.05, 0) is 47.4 Å². The van der Waals surface area contributed by atoms with Gasteiger partial charge in [0.1, 0.15) is 6.04 Å². The van der Waals surface area contributed by atoms with Crippen LogP contribution in [0.1, 0.15) is 47.7 Å². The summed E-state index contributed by atoms with van der Waals surface area (Å²) in [5.41, 5.74) is 2.12. The molecule has 4 rings (SSSR count). The molecule has 36 heavy (non-hydrogen) atoms. The number of rotatable bonds is 7. The normalized spacial score (nSPS) is 15.4. The number of imide groups is 1. The number of carbonyl (C=O) groups is 3. The summed E-state index contributed by atoms with van der Waals surface area (Å²) < 4.78 is 0. The Morgan fingerprint density at radius 2 is 1.69 bits per heavy atom. The predicted molar refractivity (Wildman–Crippen MR) is 136 cm³/mol. The van der Waals surface area contributed by atoms with E-state index in [0.29, 0.717) is 22.2 Å². The monoisotopic (exact) mass is 505 g/mol. The van der Waals surface area contributed by atoms with Gasteiger partial charge >= 0.3 is 0 Å². The summed E-state index contributed by atoms with van der Waals surface area (Å²) in [6.07, 6.45) is -0.187. The van der Waals surface area contributed by atoms with Crippen molar-refractivity contribution >= 4 is 40.7 Å². The van der Waals surface area contributed by atoms with Crippen LogP contribution in [0, 0.1) is 10.1 Å². The first-order valence-corrected chi connectivity index (χ1v) is 11.8. The molecule has 0 saturated carbocycles. The predicted octanol–water partition coefficient (Wildman–Crippen LogP) is 5.35. The highest BCUT2D eigenvalue weighted by Gasteiger charge is 2.44. The molecule has 9 heteroatoms. The molecular formula is C27H24ClN3O5. The first-order chi connectivity index (χ1) is 17.2. The van der Waals surface area contributed by atoms with Crippen molar-refractivity contribution in [3.05, 3.63) is 105 Å². The Morgan fingerprint density at radius 3 is 2.28 bits per heavy atom. The number of non-ortho nitro benzene ring substituents is 1. The van der Waals surface area contributed by atoms with Crippen molar-refractivity contribution in [3.63, 3.8) is 0 Å². The summed E-state index contributed by atoms with van der Waals surface area (Å²) in [5.74, 6) is -1.17. The number of nitro groups is 1. The first kappa shape index (κ1) is 25.1. The van der Waals surface area contributed by atoms with Gasteiger partial charge < -0.3 is 4.90 Å². The van der Waals surface area contributed by atoms with Gasteiger partial charge in [0.05, 0.1) is 17.0 Å². The first-order valence-electron chi connectivity index (χ1n) is 11.4. The largest absolute Gasteiger partial charge is 0.322 e. The Kier molecular flexibility index (Phi) is 7.17. The Hall–Kier alpha value is -4.04. The number of carbonyl (C=O) groups excluding carboxylic acids is 3. The van der Waals surface area contributed by atoms with Crippen LogP contribution in [-0.2, 0) is 16.1 Å². The van der Waals surface area contributed by atoms with Gasteiger partial charge in [0.25, 0.3) is 17.5 Å². The fraction of sp³-hybridized carbons (Fsp3) is 0.222. The molecule has 3 amide bonds. The number of nitro benzene ring substituents is 1. The third-order valence-corrected chi connectivity index (χ3v) is 6.57. The van der Waals surface area contributed by atoms with Gasteiger partial charge in [0, 0.05) is 29.3 Å². The molecule has 0 bridgehead atoms. The van der Waals surface area contributed by atoms with Crippen LogP contribution in [-0.4, -0.2) is 33.6 Å². The Bertz CT molecular complexity index is 1320. The third kappa shape index (κ3) is 4.99. The molecule has 1 aliphatic heterocycles. The lowest BCUT2D eigenvalue weighted by atomic mass is 10.0. The second kappa shape index (κ2) is 10.3. The molecule has 0 aromatic heterocycles. The van der Waals surface area contributed by atoms with E-state index in [0.717, 1.165) is 10.5 Å². The van der Waals surface area contributed by atoms with Gasteiger partial charge in [0.15, 0.2) is 0 Å². The van der Waals surface area contributed by atoms with Crippen molar-refractivity contribution in [1.82, 2.24) is 4.90 Å². The van der Waals surface area contributed by atoms with Crippen molar-refractivity contribution in [1.29, 1.82) is 0 Å². The number of hydrogen-bond donors (Lipinski definition) is 0. The highest BCUT2D eigenvalue weighted by molar-refractivity contribution is 6.31. The van der Waals surface area contributed by atoms with E-state index in [2.05, 4.69) is 0 Å². The highest BCUT2D eigenvalue weighted by Crippen LogP contribution is 2.30. The summed E-state index contributed by atoms with van der Waals surface area (Å²) in [4.78, 5) is 53.0. The average molecular weight is 506 g/mol. The van der Waals surface area contributed by atoms with E-state index < -0.39 is 28.7 Å². The molecule has 184 valence electrons. The molecule has 0 spiro atoms. The Labute approximate surface area is 213 Å². The molecule has 1 fully saturated rings. The molecular weight excluding hydrogens is 482 g/mol. The number of anilines is 1. The molecule has 1 atom stereocenters. The van der Waals surface area contributed by atoms with E-state index in [9.17, 15) is 24.5 Å². The van der Waals surface area contributed by atoms with E-state index in [1.807, 2.05) is 26.0 Å². The lowest BCUT2D eigenvalue weighted by molar-refractivity contribution is -0.384. The molecule has 3 aromatic rings. The topological polar surface area (TPSA) is 101 Å². The van der Waals surface area contributed by atoms with Crippen LogP contribution in [0.15, 0.2) is 72.8 Å². The maximum absolute atomic E-state index is 13.6. The van der Waals surface area contributed by atoms with Crippen molar-refractivity contribution in [2.75, 3.05) is 4.90 Å². The summed E-state index contributed by atoms with van der Waals surface area (Å²) in [5, 5.41) is 11.4. The van der Waals surface area contributed by atoms with Crippen LogP contribution < -0.4 is 4.90 Å².